The minimum Gasteiger partial charge on any atom is -0.244 e. The summed E-state index contributed by atoms with van der Waals surface area (Å²) >= 11 is 1.70. The molecule has 0 radical (unpaired) electrons. The van der Waals surface area contributed by atoms with E-state index in [2.05, 4.69) is 56.9 Å². The Kier molecular flexibility index (Phi) is 2.85. The molecule has 1 heterocycles. The van der Waals surface area contributed by atoms with Gasteiger partial charge < -0.3 is 0 Å². The lowest BCUT2D eigenvalue weighted by Gasteiger charge is -2.19. The molecule has 16 heavy (non-hydrogen) atoms. The highest BCUT2D eigenvalue weighted by Crippen LogP contribution is 2.28. The minimum atomic E-state index is 0.218. The molecule has 1 aromatic heterocycles. The van der Waals surface area contributed by atoms with Crippen molar-refractivity contribution in [3.8, 4) is 11.3 Å². The van der Waals surface area contributed by atoms with E-state index in [1.165, 1.54) is 16.0 Å². The van der Waals surface area contributed by atoms with Crippen molar-refractivity contribution in [1.29, 1.82) is 0 Å². The molecule has 0 fully saturated rings. The van der Waals surface area contributed by atoms with E-state index in [0.717, 1.165) is 5.69 Å². The maximum absolute atomic E-state index is 4.40. The van der Waals surface area contributed by atoms with Crippen LogP contribution in [0, 0.1) is 6.92 Å². The Morgan fingerprint density at radius 3 is 2.12 bits per heavy atom. The highest BCUT2D eigenvalue weighted by molar-refractivity contribution is 7.10. The van der Waals surface area contributed by atoms with Crippen LogP contribution in [0.1, 0.15) is 31.2 Å². The van der Waals surface area contributed by atoms with Crippen molar-refractivity contribution in [2.24, 2.45) is 0 Å². The van der Waals surface area contributed by atoms with Gasteiger partial charge in [-0.05, 0) is 17.9 Å². The van der Waals surface area contributed by atoms with Gasteiger partial charge in [0.15, 0.2) is 0 Å². The first-order valence-corrected chi connectivity index (χ1v) is 6.37. The molecule has 1 aromatic carbocycles. The summed E-state index contributed by atoms with van der Waals surface area (Å²) in [6.45, 7) is 8.81. The van der Waals surface area contributed by atoms with Crippen molar-refractivity contribution in [1.82, 2.24) is 4.98 Å². The normalized spacial score (nSPS) is 11.8. The van der Waals surface area contributed by atoms with Gasteiger partial charge in [0.25, 0.3) is 0 Å². The third-order valence-electron chi connectivity index (χ3n) is 2.77. The lowest BCUT2D eigenvalue weighted by atomic mass is 9.86. The number of benzene rings is 1. The topological polar surface area (TPSA) is 12.9 Å². The first-order chi connectivity index (χ1) is 7.48. The van der Waals surface area contributed by atoms with Crippen molar-refractivity contribution in [3.05, 3.63) is 40.2 Å². The predicted octanol–water partition coefficient (Wildman–Crippen LogP) is 4.42. The van der Waals surface area contributed by atoms with Gasteiger partial charge >= 0.3 is 0 Å². The molecule has 84 valence electrons. The van der Waals surface area contributed by atoms with E-state index < -0.39 is 0 Å². The summed E-state index contributed by atoms with van der Waals surface area (Å²) in [4.78, 5) is 5.68. The van der Waals surface area contributed by atoms with Crippen LogP contribution >= 0.6 is 11.3 Å². The fourth-order valence-electron chi connectivity index (χ4n) is 1.71. The van der Waals surface area contributed by atoms with Gasteiger partial charge in [0, 0.05) is 10.4 Å². The fraction of sp³-hybridized carbons (Fsp3) is 0.357. The molecule has 0 atom stereocenters. The summed E-state index contributed by atoms with van der Waals surface area (Å²) in [6.07, 6.45) is 0. The van der Waals surface area contributed by atoms with Crippen LogP contribution in [0.2, 0.25) is 0 Å². The first-order valence-electron chi connectivity index (χ1n) is 5.49. The van der Waals surface area contributed by atoms with E-state index in [4.69, 9.17) is 0 Å². The van der Waals surface area contributed by atoms with Gasteiger partial charge in [-0.1, -0.05) is 45.0 Å². The maximum atomic E-state index is 4.40. The molecule has 2 aromatic rings. The van der Waals surface area contributed by atoms with E-state index in [0.29, 0.717) is 0 Å². The van der Waals surface area contributed by atoms with Crippen LogP contribution in [0.3, 0.4) is 0 Å². The van der Waals surface area contributed by atoms with Crippen LogP contribution < -0.4 is 0 Å². The molecular weight excluding hydrogens is 214 g/mol. The number of aromatic nitrogens is 1. The lowest BCUT2D eigenvalue weighted by Crippen LogP contribution is -2.10. The van der Waals surface area contributed by atoms with Gasteiger partial charge in [-0.2, -0.15) is 0 Å². The Balaban J connectivity index is 2.37. The van der Waals surface area contributed by atoms with Crippen LogP contribution in [-0.2, 0) is 5.41 Å². The Morgan fingerprint density at radius 2 is 1.69 bits per heavy atom. The standard InChI is InChI=1S/C14H17NS/c1-10-13(15-9-16-10)11-5-7-12(8-6-11)14(2,3)4/h5-9H,1-4H3. The van der Waals surface area contributed by atoms with Gasteiger partial charge in [-0.3, -0.25) is 0 Å². The molecule has 0 spiro atoms. The highest BCUT2D eigenvalue weighted by Gasteiger charge is 2.13. The molecule has 0 N–H and O–H groups in total. The van der Waals surface area contributed by atoms with Gasteiger partial charge in [0.2, 0.25) is 0 Å². The number of thiazole rings is 1. The number of hydrogen-bond donors (Lipinski definition) is 0. The van der Waals surface area contributed by atoms with Crippen LogP contribution in [0.25, 0.3) is 11.3 Å². The number of rotatable bonds is 1. The van der Waals surface area contributed by atoms with E-state index in [-0.39, 0.29) is 5.41 Å². The summed E-state index contributed by atoms with van der Waals surface area (Å²) < 4.78 is 0. The largest absolute Gasteiger partial charge is 0.244 e. The molecule has 0 saturated heterocycles. The quantitative estimate of drug-likeness (QED) is 0.708. The van der Waals surface area contributed by atoms with E-state index in [9.17, 15) is 0 Å². The Hall–Kier alpha value is -1.15. The summed E-state index contributed by atoms with van der Waals surface area (Å²) in [5, 5.41) is 0. The fourth-order valence-corrected chi connectivity index (χ4v) is 2.31. The molecule has 0 saturated carbocycles. The zero-order valence-corrected chi connectivity index (χ0v) is 11.1. The summed E-state index contributed by atoms with van der Waals surface area (Å²) in [7, 11) is 0. The molecule has 0 unspecified atom stereocenters. The van der Waals surface area contributed by atoms with Crippen LogP contribution in [0.4, 0.5) is 0 Å². The van der Waals surface area contributed by atoms with Crippen LogP contribution in [-0.4, -0.2) is 4.98 Å². The molecule has 0 aliphatic carbocycles. The van der Waals surface area contributed by atoms with Crippen molar-refractivity contribution in [2.75, 3.05) is 0 Å². The second-order valence-corrected chi connectivity index (χ2v) is 6.14. The molecule has 1 nitrogen and oxygen atoms in total. The van der Waals surface area contributed by atoms with E-state index in [1.807, 2.05) is 5.51 Å². The molecule has 2 rings (SSSR count). The van der Waals surface area contributed by atoms with Crippen LogP contribution in [0.5, 0.6) is 0 Å². The van der Waals surface area contributed by atoms with Crippen molar-refractivity contribution < 1.29 is 0 Å². The SMILES string of the molecule is Cc1scnc1-c1ccc(C(C)(C)C)cc1. The third kappa shape index (κ3) is 2.17. The number of aryl methyl sites for hydroxylation is 1. The van der Waals surface area contributed by atoms with E-state index in [1.54, 1.807) is 11.3 Å². The molecule has 0 aliphatic heterocycles. The van der Waals surface area contributed by atoms with Gasteiger partial charge in [0.05, 0.1) is 11.2 Å². The number of hydrogen-bond acceptors (Lipinski definition) is 2. The summed E-state index contributed by atoms with van der Waals surface area (Å²) in [5.74, 6) is 0. The second kappa shape index (κ2) is 4.02. The van der Waals surface area contributed by atoms with Crippen molar-refractivity contribution >= 4 is 11.3 Å². The second-order valence-electron chi connectivity index (χ2n) is 5.08. The van der Waals surface area contributed by atoms with Gasteiger partial charge in [0.1, 0.15) is 0 Å². The molecular formula is C14H17NS. The summed E-state index contributed by atoms with van der Waals surface area (Å²) in [5.41, 5.74) is 5.82. The van der Waals surface area contributed by atoms with E-state index >= 15 is 0 Å². The predicted molar refractivity (Wildman–Crippen MR) is 71.0 cm³/mol. The highest BCUT2D eigenvalue weighted by atomic mass is 32.1. The molecule has 0 bridgehead atoms. The third-order valence-corrected chi connectivity index (χ3v) is 3.53. The Bertz CT molecular complexity index is 474. The molecule has 0 amide bonds. The molecule has 2 heteroatoms. The van der Waals surface area contributed by atoms with Crippen LogP contribution in [0.15, 0.2) is 29.8 Å². The Morgan fingerprint density at radius 1 is 1.06 bits per heavy atom. The Labute approximate surface area is 101 Å². The van der Waals surface area contributed by atoms with Gasteiger partial charge in [-0.25, -0.2) is 4.98 Å². The summed E-state index contributed by atoms with van der Waals surface area (Å²) in [6, 6.07) is 8.74. The first kappa shape index (κ1) is 11.3. The minimum absolute atomic E-state index is 0.218. The lowest BCUT2D eigenvalue weighted by molar-refractivity contribution is 0.590. The smallest absolute Gasteiger partial charge is 0.0840 e. The van der Waals surface area contributed by atoms with Crippen molar-refractivity contribution in [2.45, 2.75) is 33.1 Å². The molecule has 0 aliphatic rings. The van der Waals surface area contributed by atoms with Crippen molar-refractivity contribution in [3.63, 3.8) is 0 Å². The number of nitrogens with zero attached hydrogens (tertiary/aromatic N) is 1. The maximum Gasteiger partial charge on any atom is 0.0840 e. The van der Waals surface area contributed by atoms with Gasteiger partial charge in [-0.15, -0.1) is 11.3 Å². The monoisotopic (exact) mass is 231 g/mol. The average molecular weight is 231 g/mol. The zero-order valence-electron chi connectivity index (χ0n) is 10.2. The average Bonchev–Trinajstić information content (AvgIpc) is 2.63. The zero-order chi connectivity index (χ0) is 11.8.